The fourth-order valence-electron chi connectivity index (χ4n) is 22.8. The molecule has 23 rings (SSSR count). The predicted molar refractivity (Wildman–Crippen MR) is 587 cm³/mol. The molecule has 16 heteroatoms. The lowest BCUT2D eigenvalue weighted by molar-refractivity contribution is 0.320. The maximum absolute atomic E-state index is 6.51. The zero-order valence-corrected chi connectivity index (χ0v) is 85.1. The number of aryl methyl sites for hydroxylation is 6. The Balaban J connectivity index is 0.000000115. The molecule has 16 nitrogen and oxygen atoms in total. The van der Waals surface area contributed by atoms with Crippen LogP contribution in [0.25, 0.3) is 94.0 Å². The van der Waals surface area contributed by atoms with Gasteiger partial charge in [-0.2, -0.15) is 0 Å². The summed E-state index contributed by atoms with van der Waals surface area (Å²) in [4.78, 5) is 38.1. The average molecular weight is 1860 g/mol. The van der Waals surface area contributed by atoms with Crippen molar-refractivity contribution in [3.8, 4) is 0 Å². The van der Waals surface area contributed by atoms with Gasteiger partial charge in [0.1, 0.15) is 24.7 Å². The molecule has 4 atom stereocenters. The molecule has 0 aliphatic carbocycles. The van der Waals surface area contributed by atoms with E-state index in [4.69, 9.17) is 17.7 Å². The Kier molecular flexibility index (Phi) is 24.7. The van der Waals surface area contributed by atoms with Gasteiger partial charge in [0.05, 0.1) is 28.4 Å². The molecule has 19 aromatic rings. The summed E-state index contributed by atoms with van der Waals surface area (Å²) in [5, 5.41) is 8.61. The SMILES string of the molecule is CC1=C(C(C)C)N(c2ccccc2)C(C(C)(C)C)N1c1c(C)ccc2c1oc1ncccc12.CC1=C(C(C)C)N(c2ccccc2)C(c2c(C)cccc2C)N1c1c(C)ccc2c1oc1ncccc12.CC1=C(C(C)C)N(c2ccccc2)C(c2ccccc2)N1c1c(C)ccc2c1oc1ncccc12.CC1=C(c2ccccc2)N(c2ccccc2)C(C(C)(C)C)N1c1c(C)ccc2c1oc1ncccc12. The van der Waals surface area contributed by atoms with E-state index in [1.165, 1.54) is 118 Å². The number of hydrogen-bond donors (Lipinski definition) is 0. The number of benzene rings is 11. The van der Waals surface area contributed by atoms with Crippen LogP contribution in [0.15, 0.2) is 380 Å². The molecule has 0 bridgehead atoms. The van der Waals surface area contributed by atoms with Gasteiger partial charge >= 0.3 is 0 Å². The van der Waals surface area contributed by atoms with Gasteiger partial charge in [-0.3, -0.25) is 0 Å². The number of anilines is 8. The third-order valence-electron chi connectivity index (χ3n) is 28.5. The summed E-state index contributed by atoms with van der Waals surface area (Å²) in [7, 11) is 0. The van der Waals surface area contributed by atoms with Crippen LogP contribution in [0, 0.1) is 70.1 Å². The van der Waals surface area contributed by atoms with Crippen molar-refractivity contribution in [3.05, 3.63) is 412 Å². The number of furan rings is 4. The van der Waals surface area contributed by atoms with Gasteiger partial charge in [-0.25, -0.2) is 19.9 Å². The summed E-state index contributed by atoms with van der Waals surface area (Å²) in [6.07, 6.45) is 7.21. The normalized spacial score (nSPS) is 16.5. The summed E-state index contributed by atoms with van der Waals surface area (Å²) in [5.41, 5.74) is 36.6. The fourth-order valence-corrected chi connectivity index (χ4v) is 22.8. The van der Waals surface area contributed by atoms with Crippen molar-refractivity contribution >= 4 is 139 Å². The van der Waals surface area contributed by atoms with E-state index in [0.717, 1.165) is 88.2 Å². The first-order chi connectivity index (χ1) is 68.0. The first kappa shape index (κ1) is 93.2. The summed E-state index contributed by atoms with van der Waals surface area (Å²) in [6, 6.07) is 105. The highest BCUT2D eigenvalue weighted by Gasteiger charge is 2.50. The molecule has 4 aliphatic heterocycles. The summed E-state index contributed by atoms with van der Waals surface area (Å²) in [6.45, 7) is 49.8. The Morgan fingerprint density at radius 3 is 0.858 bits per heavy atom. The van der Waals surface area contributed by atoms with E-state index in [-0.39, 0.29) is 35.5 Å². The molecule has 0 N–H and O–H groups in total. The van der Waals surface area contributed by atoms with Gasteiger partial charge < -0.3 is 56.9 Å². The maximum Gasteiger partial charge on any atom is 0.227 e. The molecule has 11 aromatic carbocycles. The summed E-state index contributed by atoms with van der Waals surface area (Å²) in [5.74, 6) is 1.04. The molecule has 0 fully saturated rings. The molecular weight excluding hydrogens is 1730 g/mol. The van der Waals surface area contributed by atoms with Crippen LogP contribution in [0.5, 0.6) is 0 Å². The van der Waals surface area contributed by atoms with E-state index in [1.54, 1.807) is 24.8 Å². The molecule has 0 spiro atoms. The second kappa shape index (κ2) is 37.4. The Bertz CT molecular complexity index is 8040. The molecule has 8 aromatic heterocycles. The van der Waals surface area contributed by atoms with Crippen LogP contribution in [0.2, 0.25) is 0 Å². The number of fused-ring (bicyclic) bond motifs is 12. The highest BCUT2D eigenvalue weighted by Crippen LogP contribution is 2.57. The molecule has 12 heterocycles. The van der Waals surface area contributed by atoms with E-state index in [9.17, 15) is 0 Å². The number of nitrogens with zero attached hydrogens (tertiary/aromatic N) is 12. The van der Waals surface area contributed by atoms with Crippen molar-refractivity contribution in [1.29, 1.82) is 0 Å². The molecule has 0 radical (unpaired) electrons. The highest BCUT2D eigenvalue weighted by atomic mass is 16.4. The first-order valence-electron chi connectivity index (χ1n) is 49.6. The summed E-state index contributed by atoms with van der Waals surface area (Å²) >= 11 is 0. The molecule has 0 amide bonds. The van der Waals surface area contributed by atoms with E-state index >= 15 is 0 Å². The molecule has 710 valence electrons. The molecule has 141 heavy (non-hydrogen) atoms. The average Bonchev–Trinajstić information content (AvgIpc) is 1.56. The van der Waals surface area contributed by atoms with E-state index < -0.39 is 0 Å². The Morgan fingerprint density at radius 2 is 0.518 bits per heavy atom. The number of allylic oxidation sites excluding steroid dienone is 7. The third kappa shape index (κ3) is 16.3. The van der Waals surface area contributed by atoms with Crippen LogP contribution >= 0.6 is 0 Å². The predicted octanol–water partition coefficient (Wildman–Crippen LogP) is 33.3. The van der Waals surface area contributed by atoms with E-state index in [0.29, 0.717) is 40.6 Å². The standard InChI is InChI=1S/C33H33N3O.C32H31N3O.C31H29N3O.C29H33N3O/c1-20(2)29-24(6)35(30-23(5)17-18-26-27-16-11-19-34-32(27)37-31(26)30)33(28-21(3)12-10-13-22(28)4)36(29)25-14-8-7-9-15-25;1-21-18-19-25-26-17-12-20-33-30(26)36-29(25)27(21)34-22(2)28(23-13-8-6-9-14-23)35(31(34)32(3,4)5)24-15-10-7-11-16-24;1-20(2)27-22(4)33(28-21(3)17-18-25-26-16-11-19-32-30(26)35-29(25)28)31(23-12-7-5-8-13-23)34(27)24-14-9-6-10-15-24;1-18(2)24-20(4)31(28(29(5,6)7)32(24)21-12-9-8-10-13-21)25-19(3)15-16-22-23-14-11-17-30-27(23)33-26(22)25/h7-20,33H,1-6H3;6-20,31H,1-5H3;5-20,31H,1-4H3;8-18,28H,1-7H3. The molecule has 4 aliphatic rings. The Morgan fingerprint density at radius 1 is 0.241 bits per heavy atom. The van der Waals surface area contributed by atoms with Gasteiger partial charge in [-0.1, -0.05) is 283 Å². The lowest BCUT2D eigenvalue weighted by Gasteiger charge is -2.43. The monoisotopic (exact) mass is 1860 g/mol. The lowest BCUT2D eigenvalue weighted by atomic mass is 9.89. The number of para-hydroxylation sites is 4. The van der Waals surface area contributed by atoms with Crippen molar-refractivity contribution < 1.29 is 17.7 Å². The summed E-state index contributed by atoms with van der Waals surface area (Å²) < 4.78 is 25.9. The zero-order valence-electron chi connectivity index (χ0n) is 85.1. The van der Waals surface area contributed by atoms with Crippen LogP contribution in [0.3, 0.4) is 0 Å². The first-order valence-corrected chi connectivity index (χ1v) is 49.6. The second-order valence-corrected chi connectivity index (χ2v) is 41.2. The number of rotatable bonds is 14. The van der Waals surface area contributed by atoms with Crippen LogP contribution in [-0.2, 0) is 0 Å². The molecular formula is C125H126N12O4. The number of aromatic nitrogens is 4. The van der Waals surface area contributed by atoms with Crippen LogP contribution in [0.4, 0.5) is 45.5 Å². The van der Waals surface area contributed by atoms with E-state index in [2.05, 4.69) is 484 Å². The van der Waals surface area contributed by atoms with Gasteiger partial charge in [-0.05, 0) is 229 Å². The fraction of sp³-hybridized carbons (Fsp3) is 0.248. The van der Waals surface area contributed by atoms with Crippen LogP contribution in [-0.4, -0.2) is 32.3 Å². The third-order valence-corrected chi connectivity index (χ3v) is 28.5. The van der Waals surface area contributed by atoms with Gasteiger partial charge in [0.2, 0.25) is 22.9 Å². The van der Waals surface area contributed by atoms with Crippen LogP contribution in [0.1, 0.15) is 173 Å². The van der Waals surface area contributed by atoms with Gasteiger partial charge in [-0.15, -0.1) is 0 Å². The van der Waals surface area contributed by atoms with Gasteiger partial charge in [0.15, 0.2) is 22.3 Å². The van der Waals surface area contributed by atoms with Crippen molar-refractivity contribution in [2.45, 2.75) is 177 Å². The number of hydrogen-bond acceptors (Lipinski definition) is 16. The highest BCUT2D eigenvalue weighted by molar-refractivity contribution is 6.13. The largest absolute Gasteiger partial charge is 0.435 e. The molecule has 0 saturated heterocycles. The minimum Gasteiger partial charge on any atom is -0.435 e. The molecule has 4 unspecified atom stereocenters. The van der Waals surface area contributed by atoms with E-state index in [1.807, 2.05) is 24.3 Å². The number of pyridine rings is 4. The van der Waals surface area contributed by atoms with Gasteiger partial charge in [0, 0.05) is 147 Å². The van der Waals surface area contributed by atoms with Crippen molar-refractivity contribution in [2.75, 3.05) is 39.2 Å². The van der Waals surface area contributed by atoms with Crippen molar-refractivity contribution in [1.82, 2.24) is 19.9 Å². The minimum absolute atomic E-state index is 0.0283. The zero-order chi connectivity index (χ0) is 98.5. The second-order valence-electron chi connectivity index (χ2n) is 41.2. The lowest BCUT2D eigenvalue weighted by Crippen LogP contribution is -2.50. The van der Waals surface area contributed by atoms with Crippen LogP contribution < -0.4 is 39.2 Å². The molecule has 0 saturated carbocycles. The topological polar surface area (TPSA) is 130 Å². The van der Waals surface area contributed by atoms with Gasteiger partial charge in [0.25, 0.3) is 0 Å². The Hall–Kier alpha value is -15.4. The maximum atomic E-state index is 6.51. The smallest absolute Gasteiger partial charge is 0.227 e. The quantitative estimate of drug-likeness (QED) is 0.102. The van der Waals surface area contributed by atoms with Crippen molar-refractivity contribution in [3.63, 3.8) is 0 Å². The Labute approximate surface area is 828 Å². The minimum atomic E-state index is -0.0908. The van der Waals surface area contributed by atoms with Crippen molar-refractivity contribution in [2.24, 2.45) is 28.6 Å².